The maximum atomic E-state index is 6.32. The van der Waals surface area contributed by atoms with E-state index >= 15 is 0 Å². The van der Waals surface area contributed by atoms with Crippen LogP contribution in [0.25, 0.3) is 0 Å². The molecule has 0 rings (SSSR count). The first-order chi connectivity index (χ1) is 8.22. The van der Waals surface area contributed by atoms with Crippen molar-refractivity contribution in [3.63, 3.8) is 0 Å². The summed E-state index contributed by atoms with van der Waals surface area (Å²) in [6.45, 7) is 16.1. The second-order valence-corrected chi connectivity index (χ2v) is 19.0. The molecule has 0 fully saturated rings. The fraction of sp³-hybridized carbons (Fsp3) is 1.00. The van der Waals surface area contributed by atoms with Crippen molar-refractivity contribution in [2.24, 2.45) is 0 Å². The standard InChI is InChI=1S/C11H29O2Si5.Rf/c1-14-8-10-17(4,5)12-16(3)13-18(6,7)11-9-15-2;/h8-11H2,1-7H3;. The zero-order chi connectivity index (χ0) is 14.2. The summed E-state index contributed by atoms with van der Waals surface area (Å²) in [5, 5.41) is 0. The van der Waals surface area contributed by atoms with E-state index in [-0.39, 0.29) is 0 Å². The van der Waals surface area contributed by atoms with E-state index in [0.29, 0.717) is 0 Å². The maximum absolute atomic E-state index is 6.32. The molecule has 2 nitrogen and oxygen atoms in total. The van der Waals surface area contributed by atoms with Crippen LogP contribution in [-0.4, -0.2) is 45.0 Å². The van der Waals surface area contributed by atoms with Crippen LogP contribution in [0.5, 0.6) is 0 Å². The van der Waals surface area contributed by atoms with Crippen LogP contribution >= 0.6 is 0 Å². The summed E-state index contributed by atoms with van der Waals surface area (Å²) in [4.78, 5) is 0. The molecular formula is C11H29O2RfSi5. The minimum atomic E-state index is -1.47. The van der Waals surface area contributed by atoms with Gasteiger partial charge in [-0.05, 0) is 44.8 Å². The third kappa shape index (κ3) is 11.5. The van der Waals surface area contributed by atoms with E-state index < -0.39 is 25.9 Å². The van der Waals surface area contributed by atoms with Gasteiger partial charge in [0.25, 0.3) is 0 Å². The van der Waals surface area contributed by atoms with Gasteiger partial charge in [0.1, 0.15) is 0 Å². The van der Waals surface area contributed by atoms with Gasteiger partial charge in [0, 0.05) is 19.0 Å². The smallest absolute Gasteiger partial charge is 0.359 e. The maximum Gasteiger partial charge on any atom is 0.359 e. The normalized spacial score (nSPS) is 12.6. The monoisotopic (exact) mass is 600 g/mol. The van der Waals surface area contributed by atoms with Gasteiger partial charge in [0.05, 0.1) is 0 Å². The Morgan fingerprint density at radius 2 is 1.16 bits per heavy atom. The van der Waals surface area contributed by atoms with Crippen molar-refractivity contribution in [1.29, 1.82) is 0 Å². The van der Waals surface area contributed by atoms with Crippen molar-refractivity contribution in [2.75, 3.05) is 0 Å². The second-order valence-electron chi connectivity index (χ2n) is 5.92. The molecule has 5 radical (unpaired) electrons. The fourth-order valence-corrected chi connectivity index (χ4v) is 16.2. The van der Waals surface area contributed by atoms with Gasteiger partial charge in [-0.3, -0.25) is 0 Å². The van der Waals surface area contributed by atoms with Crippen LogP contribution in [0.1, 0.15) is 0 Å². The van der Waals surface area contributed by atoms with Crippen LogP contribution in [0.2, 0.25) is 70.0 Å². The SMILES string of the molecule is C[Si]CC[Si](C)(C)O[Si](C)O[Si](C)(C)CC[Si]C.[Rf]. The minimum Gasteiger partial charge on any atom is -0.436 e. The fourth-order valence-electron chi connectivity index (χ4n) is 1.75. The van der Waals surface area contributed by atoms with Gasteiger partial charge in [0.15, 0.2) is 16.6 Å². The van der Waals surface area contributed by atoms with Crippen LogP contribution < -0.4 is 0 Å². The van der Waals surface area contributed by atoms with Crippen molar-refractivity contribution in [3.8, 4) is 0 Å². The largest absolute Gasteiger partial charge is 0.436 e. The topological polar surface area (TPSA) is 18.5 Å². The molecule has 0 atom stereocenters. The average Bonchev–Trinajstić information content (AvgIpc) is 2.22. The Labute approximate surface area is 123 Å². The zero-order valence-corrected chi connectivity index (χ0v) is 25.3. The molecule has 107 valence electrons. The summed E-state index contributed by atoms with van der Waals surface area (Å²) in [6.07, 6.45) is 0. The molecule has 0 aromatic carbocycles. The van der Waals surface area contributed by atoms with Gasteiger partial charge in [0.2, 0.25) is 0 Å². The zero-order valence-electron chi connectivity index (χ0n) is 13.9. The van der Waals surface area contributed by atoms with Crippen LogP contribution in [-0.2, 0) is 8.23 Å². The first-order valence-electron chi connectivity index (χ1n) is 6.73. The van der Waals surface area contributed by atoms with E-state index in [1.807, 2.05) is 0 Å². The molecule has 0 saturated heterocycles. The Bertz CT molecular complexity index is 207. The van der Waals surface area contributed by atoms with Crippen LogP contribution in [0.15, 0.2) is 0 Å². The number of hydrogen-bond donors (Lipinski definition) is 0. The third-order valence-electron chi connectivity index (χ3n) is 2.79. The molecule has 0 N–H and O–H groups in total. The van der Waals surface area contributed by atoms with E-state index in [1.54, 1.807) is 0 Å². The summed E-state index contributed by atoms with van der Waals surface area (Å²) in [5.41, 5.74) is 0. The van der Waals surface area contributed by atoms with Crippen molar-refractivity contribution < 1.29 is 8.23 Å². The molecule has 0 unspecified atom stereocenters. The van der Waals surface area contributed by atoms with E-state index in [2.05, 4.69) is 45.8 Å². The molecule has 0 spiro atoms. The van der Waals surface area contributed by atoms with Gasteiger partial charge < -0.3 is 8.23 Å². The molecule has 0 heterocycles. The third-order valence-corrected chi connectivity index (χ3v) is 14.9. The molecule has 0 aliphatic heterocycles. The molecule has 0 saturated carbocycles. The minimum absolute atomic E-state index is 0. The quantitative estimate of drug-likeness (QED) is 0.355. The number of hydrogen-bond acceptors (Lipinski definition) is 2. The van der Waals surface area contributed by atoms with Crippen molar-refractivity contribution in [1.82, 2.24) is 0 Å². The predicted octanol–water partition coefficient (Wildman–Crippen LogP) is 3.89. The summed E-state index contributed by atoms with van der Waals surface area (Å²) in [7, 11) is -1.86. The Morgan fingerprint density at radius 1 is 0.842 bits per heavy atom. The second kappa shape index (κ2) is 9.84. The Hall–Kier alpha value is 0.00442. The van der Waals surface area contributed by atoms with Crippen molar-refractivity contribution >= 4 is 45.0 Å². The van der Waals surface area contributed by atoms with Gasteiger partial charge in [-0.1, -0.05) is 25.2 Å². The van der Waals surface area contributed by atoms with Crippen LogP contribution in [0.3, 0.4) is 0 Å². The van der Waals surface area contributed by atoms with Gasteiger partial charge in [-0.25, -0.2) is 0 Å². The molecular weight excluding hydrogens is 572 g/mol. The molecule has 0 aliphatic rings. The Morgan fingerprint density at radius 3 is 1.42 bits per heavy atom. The summed E-state index contributed by atoms with van der Waals surface area (Å²) in [5.74, 6) is 0. The average molecular weight is 601 g/mol. The molecule has 0 aromatic heterocycles. The molecule has 0 aliphatic carbocycles. The molecule has 8 heteroatoms. The molecule has 0 bridgehead atoms. The first-order valence-corrected chi connectivity index (χ1v) is 18.2. The van der Waals surface area contributed by atoms with Gasteiger partial charge in [-0.15, -0.1) is 0 Å². The first kappa shape index (κ1) is 21.3. The molecule has 19 heavy (non-hydrogen) atoms. The van der Waals surface area contributed by atoms with Gasteiger partial charge >= 0.3 is 9.28 Å². The van der Waals surface area contributed by atoms with Crippen molar-refractivity contribution in [3.05, 3.63) is 0 Å². The van der Waals surface area contributed by atoms with E-state index in [4.69, 9.17) is 8.23 Å². The summed E-state index contributed by atoms with van der Waals surface area (Å²) < 4.78 is 12.6. The number of rotatable bonds is 10. The summed E-state index contributed by atoms with van der Waals surface area (Å²) >= 11 is 0. The van der Waals surface area contributed by atoms with Crippen molar-refractivity contribution in [2.45, 2.75) is 70.0 Å². The van der Waals surface area contributed by atoms with E-state index in [0.717, 1.165) is 19.0 Å². The Kier molecular flexibility index (Phi) is 11.0. The van der Waals surface area contributed by atoms with Gasteiger partial charge in [-0.2, -0.15) is 0 Å². The predicted molar refractivity (Wildman–Crippen MR) is 91.2 cm³/mol. The van der Waals surface area contributed by atoms with E-state index in [1.165, 1.54) is 24.2 Å². The molecule has 0 amide bonds. The molecule has 0 aromatic rings. The van der Waals surface area contributed by atoms with E-state index in [9.17, 15) is 0 Å². The van der Waals surface area contributed by atoms with Crippen LogP contribution in [0.4, 0.5) is 0 Å². The summed E-state index contributed by atoms with van der Waals surface area (Å²) in [6, 6.07) is 5.22. The van der Waals surface area contributed by atoms with Crippen LogP contribution in [0, 0.1) is 0 Å². The Balaban J connectivity index is 0.